The van der Waals surface area contributed by atoms with Crippen molar-refractivity contribution in [3.63, 3.8) is 0 Å². The predicted octanol–water partition coefficient (Wildman–Crippen LogP) is 3.06. The topological polar surface area (TPSA) is 41.6 Å². The monoisotopic (exact) mass is 338 g/mol. The molecule has 1 aliphatic heterocycles. The lowest BCUT2D eigenvalue weighted by atomic mass is 9.93. The van der Waals surface area contributed by atoms with E-state index < -0.39 is 0 Å². The number of likely N-dealkylation sites (N-methyl/N-ethyl adjacent to an activating group) is 1. The fourth-order valence-electron chi connectivity index (χ4n) is 2.91. The Balaban J connectivity index is 1.84. The van der Waals surface area contributed by atoms with E-state index in [0.717, 1.165) is 31.1 Å². The lowest BCUT2D eigenvalue weighted by Crippen LogP contribution is -2.46. The van der Waals surface area contributed by atoms with E-state index in [2.05, 4.69) is 36.2 Å². The number of hydrogen-bond donors (Lipinski definition) is 1. The Hall–Kier alpha value is -1.10. The van der Waals surface area contributed by atoms with E-state index >= 15 is 0 Å². The van der Waals surface area contributed by atoms with Gasteiger partial charge in [-0.15, -0.1) is 0 Å². The van der Waals surface area contributed by atoms with Gasteiger partial charge in [-0.05, 0) is 50.4 Å². The SMILES string of the molecule is C[C@H]([C@@H](C)c1ccc(Cl)cc1)N(C)CC(=O)NC1CCOCC1. The average molecular weight is 339 g/mol. The zero-order valence-corrected chi connectivity index (χ0v) is 15.0. The Morgan fingerprint density at radius 3 is 2.52 bits per heavy atom. The van der Waals surface area contributed by atoms with Crippen LogP contribution in [0.25, 0.3) is 0 Å². The Morgan fingerprint density at radius 1 is 1.30 bits per heavy atom. The first-order valence-corrected chi connectivity index (χ1v) is 8.68. The van der Waals surface area contributed by atoms with Crippen molar-refractivity contribution < 1.29 is 9.53 Å². The number of ether oxygens (including phenoxy) is 1. The number of nitrogens with zero attached hydrogens (tertiary/aromatic N) is 1. The van der Waals surface area contributed by atoms with Crippen molar-refractivity contribution in [3.05, 3.63) is 34.9 Å². The maximum atomic E-state index is 12.2. The summed E-state index contributed by atoms with van der Waals surface area (Å²) in [5.41, 5.74) is 1.23. The van der Waals surface area contributed by atoms with Gasteiger partial charge in [0.1, 0.15) is 0 Å². The van der Waals surface area contributed by atoms with Crippen molar-refractivity contribution in [2.24, 2.45) is 0 Å². The summed E-state index contributed by atoms with van der Waals surface area (Å²) in [6.45, 7) is 6.23. The highest BCUT2D eigenvalue weighted by Gasteiger charge is 2.22. The van der Waals surface area contributed by atoms with Crippen LogP contribution < -0.4 is 5.32 Å². The highest BCUT2D eigenvalue weighted by Crippen LogP contribution is 2.23. The van der Waals surface area contributed by atoms with Crippen LogP contribution in [0.15, 0.2) is 24.3 Å². The second kappa shape index (κ2) is 8.67. The molecule has 1 aromatic rings. The molecule has 1 heterocycles. The van der Waals surface area contributed by atoms with Crippen molar-refractivity contribution in [1.29, 1.82) is 0 Å². The molecule has 1 aromatic carbocycles. The summed E-state index contributed by atoms with van der Waals surface area (Å²) in [6, 6.07) is 8.46. The van der Waals surface area contributed by atoms with E-state index in [1.165, 1.54) is 5.56 Å². The molecule has 2 rings (SSSR count). The fraction of sp³-hybridized carbons (Fsp3) is 0.611. The van der Waals surface area contributed by atoms with Gasteiger partial charge in [-0.25, -0.2) is 0 Å². The molecule has 0 saturated carbocycles. The van der Waals surface area contributed by atoms with Gasteiger partial charge >= 0.3 is 0 Å². The number of rotatable bonds is 6. The highest BCUT2D eigenvalue weighted by molar-refractivity contribution is 6.30. The Labute approximate surface area is 144 Å². The summed E-state index contributed by atoms with van der Waals surface area (Å²) < 4.78 is 5.32. The number of nitrogens with one attached hydrogen (secondary N) is 1. The van der Waals surface area contributed by atoms with E-state index in [4.69, 9.17) is 16.3 Å². The van der Waals surface area contributed by atoms with Crippen LogP contribution >= 0.6 is 11.6 Å². The largest absolute Gasteiger partial charge is 0.381 e. The zero-order chi connectivity index (χ0) is 16.8. The molecule has 23 heavy (non-hydrogen) atoms. The summed E-state index contributed by atoms with van der Waals surface area (Å²) in [7, 11) is 2.00. The van der Waals surface area contributed by atoms with Crippen molar-refractivity contribution in [1.82, 2.24) is 10.2 Å². The van der Waals surface area contributed by atoms with Gasteiger partial charge in [0.15, 0.2) is 0 Å². The van der Waals surface area contributed by atoms with Gasteiger partial charge < -0.3 is 10.1 Å². The van der Waals surface area contributed by atoms with Crippen LogP contribution in [0.3, 0.4) is 0 Å². The van der Waals surface area contributed by atoms with E-state index in [-0.39, 0.29) is 18.0 Å². The third-order valence-electron chi connectivity index (χ3n) is 4.79. The molecule has 0 unspecified atom stereocenters. The number of carbonyl (C=O) groups is 1. The summed E-state index contributed by atoms with van der Waals surface area (Å²) >= 11 is 5.95. The second-order valence-corrected chi connectivity index (χ2v) is 6.89. The summed E-state index contributed by atoms with van der Waals surface area (Å²) in [4.78, 5) is 14.3. The number of amides is 1. The number of carbonyl (C=O) groups excluding carboxylic acids is 1. The molecule has 0 bridgehead atoms. The van der Waals surface area contributed by atoms with Crippen LogP contribution in [-0.2, 0) is 9.53 Å². The van der Waals surface area contributed by atoms with Crippen LogP contribution in [0.2, 0.25) is 5.02 Å². The first kappa shape index (κ1) is 18.2. The molecular formula is C18H27ClN2O2. The number of halogens is 1. The molecule has 1 amide bonds. The van der Waals surface area contributed by atoms with E-state index in [0.29, 0.717) is 12.5 Å². The summed E-state index contributed by atoms with van der Waals surface area (Å²) in [5.74, 6) is 0.419. The van der Waals surface area contributed by atoms with Gasteiger partial charge in [0.2, 0.25) is 5.91 Å². The second-order valence-electron chi connectivity index (χ2n) is 6.45. The molecule has 5 heteroatoms. The minimum atomic E-state index is 0.0922. The third kappa shape index (κ3) is 5.48. The van der Waals surface area contributed by atoms with Gasteiger partial charge in [0.25, 0.3) is 0 Å². The molecule has 1 fully saturated rings. The normalized spacial score (nSPS) is 18.7. The van der Waals surface area contributed by atoms with Crippen molar-refractivity contribution in [2.75, 3.05) is 26.8 Å². The van der Waals surface area contributed by atoms with Gasteiger partial charge in [0.05, 0.1) is 6.54 Å². The molecule has 0 spiro atoms. The Kier molecular flexibility index (Phi) is 6.88. The Morgan fingerprint density at radius 2 is 1.91 bits per heavy atom. The highest BCUT2D eigenvalue weighted by atomic mass is 35.5. The van der Waals surface area contributed by atoms with Gasteiger partial charge in [-0.1, -0.05) is 30.7 Å². The van der Waals surface area contributed by atoms with Crippen LogP contribution in [0.5, 0.6) is 0 Å². The molecule has 1 saturated heterocycles. The lowest BCUT2D eigenvalue weighted by Gasteiger charge is -2.31. The van der Waals surface area contributed by atoms with Crippen molar-refractivity contribution >= 4 is 17.5 Å². The summed E-state index contributed by atoms with van der Waals surface area (Å²) in [5, 5.41) is 3.86. The van der Waals surface area contributed by atoms with E-state index in [1.807, 2.05) is 19.2 Å². The molecule has 2 atom stereocenters. The molecule has 0 aromatic heterocycles. The van der Waals surface area contributed by atoms with Gasteiger partial charge in [0, 0.05) is 30.3 Å². The molecule has 1 N–H and O–H groups in total. The first-order chi connectivity index (χ1) is 11.0. The standard InChI is InChI=1S/C18H27ClN2O2/c1-13(15-4-6-16(19)7-5-15)14(2)21(3)12-18(22)20-17-8-10-23-11-9-17/h4-7,13-14,17H,8-12H2,1-3H3,(H,20,22)/t13-,14-/m1/s1. The van der Waals surface area contributed by atoms with Crippen LogP contribution in [0.4, 0.5) is 0 Å². The first-order valence-electron chi connectivity index (χ1n) is 8.30. The Bertz CT molecular complexity index is 500. The number of hydrogen-bond acceptors (Lipinski definition) is 3. The van der Waals surface area contributed by atoms with Crippen LogP contribution in [0, 0.1) is 0 Å². The van der Waals surface area contributed by atoms with Crippen molar-refractivity contribution in [3.8, 4) is 0 Å². The van der Waals surface area contributed by atoms with E-state index in [9.17, 15) is 4.79 Å². The molecular weight excluding hydrogens is 312 g/mol. The predicted molar refractivity (Wildman–Crippen MR) is 93.9 cm³/mol. The number of benzene rings is 1. The maximum Gasteiger partial charge on any atom is 0.234 e. The average Bonchev–Trinajstić information content (AvgIpc) is 2.55. The minimum Gasteiger partial charge on any atom is -0.381 e. The molecule has 0 aliphatic carbocycles. The fourth-order valence-corrected chi connectivity index (χ4v) is 3.04. The summed E-state index contributed by atoms with van der Waals surface area (Å²) in [6.07, 6.45) is 1.82. The molecule has 4 nitrogen and oxygen atoms in total. The molecule has 0 radical (unpaired) electrons. The zero-order valence-electron chi connectivity index (χ0n) is 14.2. The quantitative estimate of drug-likeness (QED) is 0.866. The maximum absolute atomic E-state index is 12.2. The van der Waals surface area contributed by atoms with Gasteiger partial charge in [-0.2, -0.15) is 0 Å². The minimum absolute atomic E-state index is 0.0922. The van der Waals surface area contributed by atoms with Crippen molar-refractivity contribution in [2.45, 2.75) is 44.7 Å². The van der Waals surface area contributed by atoms with Crippen LogP contribution in [-0.4, -0.2) is 49.7 Å². The molecule has 1 aliphatic rings. The van der Waals surface area contributed by atoms with Gasteiger partial charge in [-0.3, -0.25) is 9.69 Å². The third-order valence-corrected chi connectivity index (χ3v) is 5.05. The smallest absolute Gasteiger partial charge is 0.234 e. The molecule has 128 valence electrons. The van der Waals surface area contributed by atoms with E-state index in [1.54, 1.807) is 0 Å². The lowest BCUT2D eigenvalue weighted by molar-refractivity contribution is -0.123. The van der Waals surface area contributed by atoms with Crippen LogP contribution in [0.1, 0.15) is 38.2 Å².